The van der Waals surface area contributed by atoms with Crippen LogP contribution in [0.3, 0.4) is 0 Å². The molecule has 0 aromatic heterocycles. The highest BCUT2D eigenvalue weighted by Gasteiger charge is 1.87. The van der Waals surface area contributed by atoms with Crippen LogP contribution < -0.4 is 11.7 Å². The predicted octanol–water partition coefficient (Wildman–Crippen LogP) is 3.99. The molecule has 0 aliphatic carbocycles. The number of nitrogens with one attached hydrogen (secondary N) is 2. The van der Waals surface area contributed by atoms with Crippen LogP contribution in [-0.2, 0) is 0 Å². The Balaban J connectivity index is -0.000000244. The molecule has 0 aromatic rings. The fraction of sp³-hybridized carbons (Fsp3) is 0.833. The molecule has 6 N–H and O–H groups in total. The molecule has 0 bridgehead atoms. The number of nitrogens with two attached hydrogens (primary N) is 2. The number of nitrogens with zero attached hydrogens (tertiary/aromatic N) is 4. The van der Waals surface area contributed by atoms with Crippen LogP contribution in [0.4, 0.5) is 0 Å². The van der Waals surface area contributed by atoms with Crippen molar-refractivity contribution in [2.45, 2.75) is 65.2 Å². The van der Waals surface area contributed by atoms with Crippen LogP contribution in [0.1, 0.15) is 65.2 Å². The molecular formula is C12H30N8. The van der Waals surface area contributed by atoms with Gasteiger partial charge in [-0.1, -0.05) is 65.2 Å². The van der Waals surface area contributed by atoms with Gasteiger partial charge in [-0.05, 0) is 0 Å². The van der Waals surface area contributed by atoms with E-state index >= 15 is 0 Å². The van der Waals surface area contributed by atoms with Gasteiger partial charge in [-0.3, -0.25) is 0 Å². The molecule has 0 radical (unpaired) electrons. The Morgan fingerprint density at radius 2 is 1.00 bits per heavy atom. The molecule has 0 saturated heterocycles. The molecule has 0 aliphatic rings. The highest BCUT2D eigenvalue weighted by atomic mass is 15.2. The fourth-order valence-electron chi connectivity index (χ4n) is 1.27. The van der Waals surface area contributed by atoms with E-state index in [1.165, 1.54) is 51.4 Å². The van der Waals surface area contributed by atoms with Gasteiger partial charge in [-0.2, -0.15) is 10.2 Å². The van der Waals surface area contributed by atoms with Gasteiger partial charge in [-0.25, -0.2) is 11.1 Å². The summed E-state index contributed by atoms with van der Waals surface area (Å²) >= 11 is 0. The number of rotatable bonds is 9. The number of hydrogen-bond acceptors (Lipinski definition) is 6. The van der Waals surface area contributed by atoms with Crippen molar-refractivity contribution in [3.8, 4) is 0 Å². The Morgan fingerprint density at radius 1 is 0.700 bits per heavy atom. The summed E-state index contributed by atoms with van der Waals surface area (Å²) in [5, 5.41) is 11.1. The van der Waals surface area contributed by atoms with Gasteiger partial charge < -0.3 is 11.7 Å². The molecule has 0 aromatic carbocycles. The summed E-state index contributed by atoms with van der Waals surface area (Å²) in [6.45, 7) is 4.54. The average molecular weight is 286 g/mol. The van der Waals surface area contributed by atoms with Gasteiger partial charge >= 0.3 is 0 Å². The van der Waals surface area contributed by atoms with E-state index in [0.717, 1.165) is 12.7 Å². The van der Waals surface area contributed by atoms with E-state index < -0.39 is 0 Å². The van der Waals surface area contributed by atoms with Crippen molar-refractivity contribution in [1.82, 2.24) is 0 Å². The third-order valence-electron chi connectivity index (χ3n) is 2.21. The second-order valence-corrected chi connectivity index (χ2v) is 3.91. The number of hydrogen-bond donors (Lipinski definition) is 4. The van der Waals surface area contributed by atoms with Gasteiger partial charge in [0.2, 0.25) is 0 Å². The molecule has 0 amide bonds. The topological polar surface area (TPSA) is 149 Å². The van der Waals surface area contributed by atoms with E-state index in [9.17, 15) is 0 Å². The lowest BCUT2D eigenvalue weighted by Gasteiger charge is -1.97. The van der Waals surface area contributed by atoms with E-state index in [4.69, 9.17) is 11.1 Å². The smallest absolute Gasteiger partial charge is 0.156 e. The van der Waals surface area contributed by atoms with E-state index in [-0.39, 0.29) is 0 Å². The van der Waals surface area contributed by atoms with Crippen LogP contribution in [0.2, 0.25) is 0 Å². The maximum Gasteiger partial charge on any atom is 0.156 e. The Labute approximate surface area is 122 Å². The number of unbranched alkanes of at least 4 members (excludes halogenated alkanes) is 7. The minimum Gasteiger partial charge on any atom is -0.322 e. The lowest BCUT2D eigenvalue weighted by molar-refractivity contribution is 0.585. The van der Waals surface area contributed by atoms with Gasteiger partial charge in [0, 0.05) is 0 Å². The Hall–Kier alpha value is -1.86. The first-order chi connectivity index (χ1) is 9.74. The van der Waals surface area contributed by atoms with E-state index in [1.54, 1.807) is 0 Å². The van der Waals surface area contributed by atoms with E-state index in [2.05, 4.69) is 46.0 Å². The molecule has 8 nitrogen and oxygen atoms in total. The van der Waals surface area contributed by atoms with Crippen LogP contribution in [-0.4, -0.2) is 12.7 Å². The van der Waals surface area contributed by atoms with Crippen molar-refractivity contribution < 1.29 is 0 Å². The standard InChI is InChI=1S/C10H22.2CH4N4/c1-3-5-7-9-10-8-6-4-2;2*2-4-1-5-3/h3-10H2,1-2H3;2*1-2H,3H2. The number of hydrazone groups is 2. The van der Waals surface area contributed by atoms with Crippen LogP contribution >= 0.6 is 0 Å². The van der Waals surface area contributed by atoms with E-state index in [0.29, 0.717) is 0 Å². The van der Waals surface area contributed by atoms with Crippen molar-refractivity contribution in [3.63, 3.8) is 0 Å². The monoisotopic (exact) mass is 286 g/mol. The molecule has 0 heterocycles. The summed E-state index contributed by atoms with van der Waals surface area (Å²) in [5.41, 5.74) is 12.0. The van der Waals surface area contributed by atoms with Gasteiger partial charge in [0.1, 0.15) is 0 Å². The van der Waals surface area contributed by atoms with Crippen molar-refractivity contribution in [2.24, 2.45) is 32.1 Å². The summed E-state index contributed by atoms with van der Waals surface area (Å²) in [7, 11) is 0. The summed E-state index contributed by atoms with van der Waals surface area (Å²) in [6, 6.07) is 0. The van der Waals surface area contributed by atoms with Crippen LogP contribution in [0, 0.1) is 11.1 Å². The van der Waals surface area contributed by atoms with Gasteiger partial charge in [-0.15, -0.1) is 10.2 Å². The Kier molecular flexibility index (Phi) is 35.2. The second-order valence-electron chi connectivity index (χ2n) is 3.91. The van der Waals surface area contributed by atoms with Crippen molar-refractivity contribution >= 4 is 12.7 Å². The second kappa shape index (κ2) is 30.3. The average Bonchev–Trinajstić information content (AvgIpc) is 2.46. The largest absolute Gasteiger partial charge is 0.322 e. The van der Waals surface area contributed by atoms with Gasteiger partial charge in [0.05, 0.1) is 0 Å². The van der Waals surface area contributed by atoms with Crippen LogP contribution in [0.25, 0.3) is 0 Å². The lowest BCUT2D eigenvalue weighted by Crippen LogP contribution is -1.77. The van der Waals surface area contributed by atoms with E-state index in [1.807, 2.05) is 0 Å². The molecule has 0 rings (SSSR count). The molecule has 8 heteroatoms. The molecule has 0 spiro atoms. The molecule has 0 unspecified atom stereocenters. The van der Waals surface area contributed by atoms with Crippen molar-refractivity contribution in [3.05, 3.63) is 0 Å². The maximum atomic E-state index is 6.00. The summed E-state index contributed by atoms with van der Waals surface area (Å²) < 4.78 is 0. The normalized spacial score (nSPS) is 9.50. The predicted molar refractivity (Wildman–Crippen MR) is 83.9 cm³/mol. The summed E-state index contributed by atoms with van der Waals surface area (Å²) in [5.74, 6) is 8.99. The quantitative estimate of drug-likeness (QED) is 0.127. The highest BCUT2D eigenvalue weighted by Crippen LogP contribution is 2.07. The Bertz CT molecular complexity index is 203. The molecule has 0 atom stereocenters. The minimum atomic E-state index is 0.944. The molecule has 0 saturated carbocycles. The van der Waals surface area contributed by atoms with Crippen molar-refractivity contribution in [1.29, 1.82) is 11.1 Å². The van der Waals surface area contributed by atoms with Gasteiger partial charge in [0.25, 0.3) is 0 Å². The maximum absolute atomic E-state index is 6.00. The fourth-order valence-corrected chi connectivity index (χ4v) is 1.27. The zero-order valence-electron chi connectivity index (χ0n) is 12.8. The molecule has 118 valence electrons. The highest BCUT2D eigenvalue weighted by molar-refractivity contribution is 5.53. The first-order valence-electron chi connectivity index (χ1n) is 6.91. The summed E-state index contributed by atoms with van der Waals surface area (Å²) in [4.78, 5) is 0. The van der Waals surface area contributed by atoms with Crippen LogP contribution in [0.5, 0.6) is 0 Å². The minimum absolute atomic E-state index is 0.944. The molecule has 0 aliphatic heterocycles. The third kappa shape index (κ3) is 44.3. The first kappa shape index (κ1) is 23.2. The molecular weight excluding hydrogens is 256 g/mol. The van der Waals surface area contributed by atoms with Crippen LogP contribution in [0.15, 0.2) is 20.4 Å². The molecule has 0 fully saturated rings. The van der Waals surface area contributed by atoms with Gasteiger partial charge in [0.15, 0.2) is 12.7 Å². The summed E-state index contributed by atoms with van der Waals surface area (Å²) in [6.07, 6.45) is 13.3. The first-order valence-corrected chi connectivity index (χ1v) is 6.91. The SMILES string of the molecule is CCCCCCCCCC.N=NC=NN.N=NC=NN. The lowest BCUT2D eigenvalue weighted by atomic mass is 10.1. The zero-order chi connectivity index (χ0) is 15.9. The zero-order valence-corrected chi connectivity index (χ0v) is 12.8. The van der Waals surface area contributed by atoms with Crippen molar-refractivity contribution in [2.75, 3.05) is 0 Å². The third-order valence-corrected chi connectivity index (χ3v) is 2.21. The molecule has 20 heavy (non-hydrogen) atoms. The Morgan fingerprint density at radius 3 is 1.15 bits per heavy atom.